The van der Waals surface area contributed by atoms with E-state index in [0.717, 1.165) is 25.2 Å². The molecule has 0 unspecified atom stereocenters. The molecular weight excluding hydrogens is 232 g/mol. The smallest absolute Gasteiger partial charge is 0.271 e. The summed E-state index contributed by atoms with van der Waals surface area (Å²) in [5, 5.41) is 16.4. The number of imidazole rings is 1. The Bertz CT molecular complexity index is 408. The van der Waals surface area contributed by atoms with Crippen molar-refractivity contribution in [2.45, 2.75) is 31.8 Å². The van der Waals surface area contributed by atoms with E-state index < -0.39 is 5.60 Å². The number of aryl methyl sites for hydroxylation is 1. The molecule has 6 nitrogen and oxygen atoms in total. The van der Waals surface area contributed by atoms with Crippen LogP contribution in [0.1, 0.15) is 35.4 Å². The van der Waals surface area contributed by atoms with Crippen molar-refractivity contribution in [2.24, 2.45) is 0 Å². The maximum atomic E-state index is 11.9. The lowest BCUT2D eigenvalue weighted by Gasteiger charge is -2.26. The van der Waals surface area contributed by atoms with Crippen LogP contribution in [-0.4, -0.2) is 46.2 Å². The third kappa shape index (κ3) is 3.08. The molecule has 0 bridgehead atoms. The molecule has 0 spiro atoms. The average molecular weight is 252 g/mol. The lowest BCUT2D eigenvalue weighted by Crippen LogP contribution is -2.43. The quantitative estimate of drug-likeness (QED) is 0.607. The van der Waals surface area contributed by atoms with Crippen LogP contribution in [0.2, 0.25) is 0 Å². The van der Waals surface area contributed by atoms with E-state index >= 15 is 0 Å². The molecule has 1 aromatic heterocycles. The molecule has 0 aliphatic carbocycles. The molecule has 4 N–H and O–H groups in total. The highest BCUT2D eigenvalue weighted by molar-refractivity contribution is 5.93. The van der Waals surface area contributed by atoms with Gasteiger partial charge in [0.1, 0.15) is 5.69 Å². The second kappa shape index (κ2) is 5.49. The summed E-state index contributed by atoms with van der Waals surface area (Å²) in [6.45, 7) is 3.79. The van der Waals surface area contributed by atoms with Gasteiger partial charge >= 0.3 is 0 Å². The van der Waals surface area contributed by atoms with E-state index in [4.69, 9.17) is 0 Å². The van der Waals surface area contributed by atoms with Crippen LogP contribution in [0.3, 0.4) is 0 Å². The first-order valence-corrected chi connectivity index (χ1v) is 6.32. The number of aliphatic hydroxyl groups is 1. The van der Waals surface area contributed by atoms with Crippen molar-refractivity contribution in [3.05, 3.63) is 17.7 Å². The Hall–Kier alpha value is -1.40. The normalized spacial score (nSPS) is 24.6. The molecule has 1 amide bonds. The van der Waals surface area contributed by atoms with Gasteiger partial charge in [0.05, 0.1) is 11.9 Å². The Morgan fingerprint density at radius 3 is 3.11 bits per heavy atom. The van der Waals surface area contributed by atoms with Gasteiger partial charge < -0.3 is 20.7 Å². The van der Waals surface area contributed by atoms with Crippen LogP contribution in [0.4, 0.5) is 0 Å². The zero-order valence-corrected chi connectivity index (χ0v) is 10.6. The molecule has 1 atom stereocenters. The van der Waals surface area contributed by atoms with E-state index in [0.29, 0.717) is 18.5 Å². The lowest BCUT2D eigenvalue weighted by atomic mass is 9.95. The maximum Gasteiger partial charge on any atom is 0.271 e. The SMILES string of the molecule is Cc1[nH]cnc1C(=O)NC[C@]1(O)CCCNCC1. The van der Waals surface area contributed by atoms with Crippen LogP contribution in [-0.2, 0) is 0 Å². The van der Waals surface area contributed by atoms with Crippen LogP contribution in [0.25, 0.3) is 0 Å². The molecule has 1 saturated heterocycles. The second-order valence-corrected chi connectivity index (χ2v) is 4.89. The Morgan fingerprint density at radius 1 is 1.56 bits per heavy atom. The van der Waals surface area contributed by atoms with Crippen LogP contribution in [0.5, 0.6) is 0 Å². The van der Waals surface area contributed by atoms with E-state index in [1.165, 1.54) is 6.33 Å². The van der Waals surface area contributed by atoms with Gasteiger partial charge in [0.2, 0.25) is 0 Å². The van der Waals surface area contributed by atoms with Crippen LogP contribution in [0, 0.1) is 6.92 Å². The Morgan fingerprint density at radius 2 is 2.39 bits per heavy atom. The summed E-state index contributed by atoms with van der Waals surface area (Å²) >= 11 is 0. The van der Waals surface area contributed by atoms with Gasteiger partial charge in [-0.2, -0.15) is 0 Å². The van der Waals surface area contributed by atoms with Crippen molar-refractivity contribution in [1.29, 1.82) is 0 Å². The number of nitrogens with one attached hydrogen (secondary N) is 3. The van der Waals surface area contributed by atoms with Crippen molar-refractivity contribution in [3.8, 4) is 0 Å². The van der Waals surface area contributed by atoms with Gasteiger partial charge in [-0.1, -0.05) is 0 Å². The number of carbonyl (C=O) groups excluding carboxylic acids is 1. The van der Waals surface area contributed by atoms with Gasteiger partial charge in [-0.3, -0.25) is 4.79 Å². The molecule has 0 aromatic carbocycles. The Kier molecular flexibility index (Phi) is 3.98. The van der Waals surface area contributed by atoms with Crippen molar-refractivity contribution >= 4 is 5.91 Å². The fraction of sp³-hybridized carbons (Fsp3) is 0.667. The zero-order chi connectivity index (χ0) is 13.0. The van der Waals surface area contributed by atoms with Gasteiger partial charge in [0.25, 0.3) is 5.91 Å². The third-order valence-electron chi connectivity index (χ3n) is 3.39. The minimum atomic E-state index is -0.802. The molecule has 1 fully saturated rings. The summed E-state index contributed by atoms with van der Waals surface area (Å²) in [4.78, 5) is 18.7. The molecule has 0 radical (unpaired) electrons. The number of hydrogen-bond acceptors (Lipinski definition) is 4. The molecule has 18 heavy (non-hydrogen) atoms. The van der Waals surface area contributed by atoms with E-state index in [2.05, 4.69) is 20.6 Å². The predicted octanol–water partition coefficient (Wildman–Crippen LogP) is -0.0475. The number of carbonyl (C=O) groups is 1. The van der Waals surface area contributed by atoms with Crippen molar-refractivity contribution < 1.29 is 9.90 Å². The summed E-state index contributed by atoms with van der Waals surface area (Å²) in [6, 6.07) is 0. The van der Waals surface area contributed by atoms with Crippen molar-refractivity contribution in [3.63, 3.8) is 0 Å². The third-order valence-corrected chi connectivity index (χ3v) is 3.39. The summed E-state index contributed by atoms with van der Waals surface area (Å²) in [6.07, 6.45) is 3.79. The average Bonchev–Trinajstić information content (AvgIpc) is 2.65. The minimum absolute atomic E-state index is 0.237. The number of aromatic amines is 1. The van der Waals surface area contributed by atoms with Crippen LogP contribution < -0.4 is 10.6 Å². The largest absolute Gasteiger partial charge is 0.388 e. The molecule has 1 aliphatic rings. The first-order valence-electron chi connectivity index (χ1n) is 6.32. The molecule has 2 rings (SSSR count). The number of nitrogens with zero attached hydrogens (tertiary/aromatic N) is 1. The molecule has 0 saturated carbocycles. The number of rotatable bonds is 3. The van der Waals surface area contributed by atoms with Gasteiger partial charge in [-0.05, 0) is 39.3 Å². The zero-order valence-electron chi connectivity index (χ0n) is 10.6. The number of H-pyrrole nitrogens is 1. The first-order chi connectivity index (χ1) is 8.61. The van der Waals surface area contributed by atoms with Gasteiger partial charge in [-0.15, -0.1) is 0 Å². The maximum absolute atomic E-state index is 11.9. The van der Waals surface area contributed by atoms with Gasteiger partial charge in [-0.25, -0.2) is 4.98 Å². The van der Waals surface area contributed by atoms with E-state index in [9.17, 15) is 9.90 Å². The number of hydrogen-bond donors (Lipinski definition) is 4. The molecule has 6 heteroatoms. The molecule has 1 aliphatic heterocycles. The topological polar surface area (TPSA) is 90.0 Å². The molecular formula is C12H20N4O2. The summed E-state index contributed by atoms with van der Waals surface area (Å²) in [5.74, 6) is -0.237. The van der Waals surface area contributed by atoms with Gasteiger partial charge in [0.15, 0.2) is 0 Å². The summed E-state index contributed by atoms with van der Waals surface area (Å²) in [7, 11) is 0. The van der Waals surface area contributed by atoms with E-state index in [1.54, 1.807) is 6.92 Å². The molecule has 1 aromatic rings. The molecule has 2 heterocycles. The molecule has 100 valence electrons. The highest BCUT2D eigenvalue weighted by atomic mass is 16.3. The van der Waals surface area contributed by atoms with Crippen LogP contribution in [0.15, 0.2) is 6.33 Å². The Labute approximate surface area is 106 Å². The minimum Gasteiger partial charge on any atom is -0.388 e. The number of amides is 1. The van der Waals surface area contributed by atoms with Gasteiger partial charge in [0, 0.05) is 12.2 Å². The van der Waals surface area contributed by atoms with E-state index in [1.807, 2.05) is 0 Å². The highest BCUT2D eigenvalue weighted by Crippen LogP contribution is 2.18. The predicted molar refractivity (Wildman–Crippen MR) is 67.3 cm³/mol. The van der Waals surface area contributed by atoms with Crippen LogP contribution >= 0.6 is 0 Å². The fourth-order valence-corrected chi connectivity index (χ4v) is 2.21. The lowest BCUT2D eigenvalue weighted by molar-refractivity contribution is 0.0275. The van der Waals surface area contributed by atoms with Crippen molar-refractivity contribution in [2.75, 3.05) is 19.6 Å². The first kappa shape index (κ1) is 13.0. The standard InChI is InChI=1S/C12H20N4O2/c1-9-10(16-8-15-9)11(17)14-7-12(18)3-2-5-13-6-4-12/h8,13,18H,2-7H2,1H3,(H,14,17)(H,15,16)/t12-/m0/s1. The highest BCUT2D eigenvalue weighted by Gasteiger charge is 2.28. The van der Waals surface area contributed by atoms with Crippen molar-refractivity contribution in [1.82, 2.24) is 20.6 Å². The monoisotopic (exact) mass is 252 g/mol. The Balaban J connectivity index is 1.90. The second-order valence-electron chi connectivity index (χ2n) is 4.89. The number of aromatic nitrogens is 2. The fourth-order valence-electron chi connectivity index (χ4n) is 2.21. The van der Waals surface area contributed by atoms with E-state index in [-0.39, 0.29) is 12.5 Å². The summed E-state index contributed by atoms with van der Waals surface area (Å²) in [5.41, 5.74) is 0.330. The summed E-state index contributed by atoms with van der Waals surface area (Å²) < 4.78 is 0.